The number of nitrogen functional groups attached to an aromatic ring is 1. The molecule has 4 nitrogen and oxygen atoms in total. The van der Waals surface area contributed by atoms with Gasteiger partial charge in [0.2, 0.25) is 0 Å². The zero-order valence-electron chi connectivity index (χ0n) is 9.40. The van der Waals surface area contributed by atoms with Crippen LogP contribution in [-0.2, 0) is 0 Å². The number of halogens is 1. The minimum atomic E-state index is -0.0428. The van der Waals surface area contributed by atoms with Gasteiger partial charge < -0.3 is 15.7 Å². The number of benzene rings is 1. The van der Waals surface area contributed by atoms with Gasteiger partial charge in [-0.25, -0.2) is 0 Å². The third kappa shape index (κ3) is 2.45. The molecule has 1 atom stereocenters. The smallest absolute Gasteiger partial charge is 0.254 e. The maximum Gasteiger partial charge on any atom is 0.254 e. The van der Waals surface area contributed by atoms with E-state index < -0.39 is 0 Å². The summed E-state index contributed by atoms with van der Waals surface area (Å²) in [7, 11) is 0. The van der Waals surface area contributed by atoms with E-state index in [2.05, 4.69) is 15.9 Å². The maximum atomic E-state index is 12.2. The average molecular weight is 299 g/mol. The second kappa shape index (κ2) is 5.06. The Morgan fingerprint density at radius 2 is 2.35 bits per heavy atom. The highest BCUT2D eigenvalue weighted by Gasteiger charge is 2.28. The van der Waals surface area contributed by atoms with Crippen LogP contribution in [0.1, 0.15) is 23.2 Å². The number of anilines is 1. The van der Waals surface area contributed by atoms with Gasteiger partial charge in [0.1, 0.15) is 0 Å². The molecule has 1 aromatic rings. The average Bonchev–Trinajstić information content (AvgIpc) is 2.80. The lowest BCUT2D eigenvalue weighted by Crippen LogP contribution is -2.37. The molecule has 0 radical (unpaired) electrons. The number of amides is 1. The molecule has 2 rings (SSSR count). The Labute approximate surface area is 109 Å². The number of rotatable bonds is 2. The summed E-state index contributed by atoms with van der Waals surface area (Å²) < 4.78 is 0.725. The van der Waals surface area contributed by atoms with Crippen LogP contribution < -0.4 is 5.73 Å². The summed E-state index contributed by atoms with van der Waals surface area (Å²) in [5.41, 5.74) is 6.90. The van der Waals surface area contributed by atoms with Gasteiger partial charge in [0, 0.05) is 22.3 Å². The van der Waals surface area contributed by atoms with Crippen molar-refractivity contribution in [1.29, 1.82) is 0 Å². The topological polar surface area (TPSA) is 66.6 Å². The van der Waals surface area contributed by atoms with Crippen molar-refractivity contribution < 1.29 is 9.90 Å². The molecule has 0 aliphatic carbocycles. The SMILES string of the molecule is Nc1ccc(C(=O)N2CCC[C@@H]2CO)cc1Br. The van der Waals surface area contributed by atoms with Crippen LogP contribution in [0.3, 0.4) is 0 Å². The summed E-state index contributed by atoms with van der Waals surface area (Å²) in [5.74, 6) is -0.0396. The third-order valence-corrected chi connectivity index (χ3v) is 3.78. The fourth-order valence-corrected chi connectivity index (χ4v) is 2.50. The Bertz CT molecular complexity index is 437. The number of hydrogen-bond acceptors (Lipinski definition) is 3. The van der Waals surface area contributed by atoms with E-state index in [4.69, 9.17) is 5.73 Å². The van der Waals surface area contributed by atoms with Crippen molar-refractivity contribution >= 4 is 27.5 Å². The quantitative estimate of drug-likeness (QED) is 0.816. The van der Waals surface area contributed by atoms with E-state index in [1.54, 1.807) is 23.1 Å². The molecular weight excluding hydrogens is 284 g/mol. The highest BCUT2D eigenvalue weighted by atomic mass is 79.9. The van der Waals surface area contributed by atoms with E-state index in [1.807, 2.05) is 0 Å². The molecule has 5 heteroatoms. The van der Waals surface area contributed by atoms with Crippen LogP contribution in [0.2, 0.25) is 0 Å². The molecule has 0 bridgehead atoms. The van der Waals surface area contributed by atoms with Crippen LogP contribution in [0.25, 0.3) is 0 Å². The number of likely N-dealkylation sites (tertiary alicyclic amines) is 1. The molecule has 1 aliphatic heterocycles. The van der Waals surface area contributed by atoms with Gasteiger partial charge >= 0.3 is 0 Å². The van der Waals surface area contributed by atoms with Crippen LogP contribution in [0.4, 0.5) is 5.69 Å². The second-order valence-electron chi connectivity index (χ2n) is 4.21. The fourth-order valence-electron chi connectivity index (χ4n) is 2.12. The van der Waals surface area contributed by atoms with Crippen LogP contribution >= 0.6 is 15.9 Å². The van der Waals surface area contributed by atoms with Crippen molar-refractivity contribution in [3.8, 4) is 0 Å². The number of nitrogens with two attached hydrogens (primary N) is 1. The van der Waals surface area contributed by atoms with Crippen LogP contribution in [0.5, 0.6) is 0 Å². The first-order valence-electron chi connectivity index (χ1n) is 5.60. The summed E-state index contributed by atoms with van der Waals surface area (Å²) >= 11 is 3.31. The predicted octanol–water partition coefficient (Wildman–Crippen LogP) is 1.63. The van der Waals surface area contributed by atoms with Crippen molar-refractivity contribution in [2.24, 2.45) is 0 Å². The van der Waals surface area contributed by atoms with Crippen molar-refractivity contribution in [1.82, 2.24) is 4.90 Å². The van der Waals surface area contributed by atoms with Crippen molar-refractivity contribution in [2.75, 3.05) is 18.9 Å². The van der Waals surface area contributed by atoms with Gasteiger partial charge in [-0.15, -0.1) is 0 Å². The molecule has 1 aromatic carbocycles. The predicted molar refractivity (Wildman–Crippen MR) is 69.7 cm³/mol. The van der Waals surface area contributed by atoms with Crippen molar-refractivity contribution in [3.63, 3.8) is 0 Å². The van der Waals surface area contributed by atoms with E-state index in [9.17, 15) is 9.90 Å². The number of carbonyl (C=O) groups excluding carboxylic acids is 1. The largest absolute Gasteiger partial charge is 0.398 e. The summed E-state index contributed by atoms with van der Waals surface area (Å²) in [4.78, 5) is 14.0. The van der Waals surface area contributed by atoms with Crippen molar-refractivity contribution in [2.45, 2.75) is 18.9 Å². The number of nitrogens with zero attached hydrogens (tertiary/aromatic N) is 1. The normalized spacial score (nSPS) is 19.6. The third-order valence-electron chi connectivity index (χ3n) is 3.10. The number of aliphatic hydroxyl groups is 1. The molecule has 92 valence electrons. The molecule has 17 heavy (non-hydrogen) atoms. The summed E-state index contributed by atoms with van der Waals surface area (Å²) in [6.07, 6.45) is 1.82. The van der Waals surface area contributed by atoms with E-state index in [0.717, 1.165) is 17.3 Å². The van der Waals surface area contributed by atoms with Gasteiger partial charge in [0.25, 0.3) is 5.91 Å². The molecular formula is C12H15BrN2O2. The Morgan fingerprint density at radius 1 is 1.59 bits per heavy atom. The Morgan fingerprint density at radius 3 is 3.00 bits per heavy atom. The molecule has 0 saturated carbocycles. The van der Waals surface area contributed by atoms with Crippen LogP contribution in [-0.4, -0.2) is 35.1 Å². The number of hydrogen-bond donors (Lipinski definition) is 2. The zero-order chi connectivity index (χ0) is 12.4. The Kier molecular flexibility index (Phi) is 3.69. The summed E-state index contributed by atoms with van der Waals surface area (Å²) in [6.45, 7) is 0.744. The first-order valence-corrected chi connectivity index (χ1v) is 6.39. The lowest BCUT2D eigenvalue weighted by Gasteiger charge is -2.23. The van der Waals surface area contributed by atoms with Crippen LogP contribution in [0.15, 0.2) is 22.7 Å². The zero-order valence-corrected chi connectivity index (χ0v) is 11.0. The van der Waals surface area contributed by atoms with Gasteiger partial charge in [-0.05, 0) is 47.0 Å². The summed E-state index contributed by atoms with van der Waals surface area (Å²) in [5, 5.41) is 9.21. The van der Waals surface area contributed by atoms with Gasteiger partial charge in [-0.2, -0.15) is 0 Å². The van der Waals surface area contributed by atoms with Gasteiger partial charge in [-0.3, -0.25) is 4.79 Å². The van der Waals surface area contributed by atoms with Gasteiger partial charge in [-0.1, -0.05) is 0 Å². The highest BCUT2D eigenvalue weighted by molar-refractivity contribution is 9.10. The molecule has 1 aliphatic rings. The lowest BCUT2D eigenvalue weighted by molar-refractivity contribution is 0.0677. The Balaban J connectivity index is 2.21. The Hall–Kier alpha value is -1.07. The van der Waals surface area contributed by atoms with Gasteiger partial charge in [0.05, 0.1) is 12.6 Å². The van der Waals surface area contributed by atoms with E-state index in [-0.39, 0.29) is 18.6 Å². The van der Waals surface area contributed by atoms with E-state index in [1.165, 1.54) is 0 Å². The standard InChI is InChI=1S/C12H15BrN2O2/c13-10-6-8(3-4-11(10)14)12(17)15-5-1-2-9(15)7-16/h3-4,6,9,16H,1-2,5,7,14H2/t9-/m1/s1. The van der Waals surface area contributed by atoms with Gasteiger partial charge in [0.15, 0.2) is 0 Å². The first-order chi connectivity index (χ1) is 8.13. The fraction of sp³-hybridized carbons (Fsp3) is 0.417. The van der Waals surface area contributed by atoms with Crippen LogP contribution in [0, 0.1) is 0 Å². The molecule has 0 aromatic heterocycles. The molecule has 1 heterocycles. The van der Waals surface area contributed by atoms with Crippen molar-refractivity contribution in [3.05, 3.63) is 28.2 Å². The second-order valence-corrected chi connectivity index (χ2v) is 5.07. The molecule has 0 unspecified atom stereocenters. The first kappa shape index (κ1) is 12.4. The van der Waals surface area contributed by atoms with E-state index in [0.29, 0.717) is 17.8 Å². The minimum absolute atomic E-state index is 0.0296. The highest BCUT2D eigenvalue weighted by Crippen LogP contribution is 2.24. The molecule has 1 amide bonds. The molecule has 1 saturated heterocycles. The lowest BCUT2D eigenvalue weighted by atomic mass is 10.1. The molecule has 1 fully saturated rings. The monoisotopic (exact) mass is 298 g/mol. The van der Waals surface area contributed by atoms with E-state index >= 15 is 0 Å². The number of aliphatic hydroxyl groups excluding tert-OH is 1. The maximum absolute atomic E-state index is 12.2. The molecule has 3 N–H and O–H groups in total. The molecule has 0 spiro atoms. The number of carbonyl (C=O) groups is 1. The minimum Gasteiger partial charge on any atom is -0.398 e. The summed E-state index contributed by atoms with van der Waals surface area (Å²) in [6, 6.07) is 5.11.